The van der Waals surface area contributed by atoms with E-state index >= 15 is 0 Å². The first-order chi connectivity index (χ1) is 10.5. The number of azo groups is 1. The normalized spacial score (nSPS) is 12.3. The first-order valence-corrected chi connectivity index (χ1v) is 8.96. The van der Waals surface area contributed by atoms with Crippen LogP contribution in [0, 0.1) is 0 Å². The highest BCUT2D eigenvalue weighted by Crippen LogP contribution is 2.27. The number of sulfonamides is 1. The number of rotatable bonds is 6. The molecule has 2 rings (SSSR count). The third-order valence-electron chi connectivity index (χ3n) is 2.94. The summed E-state index contributed by atoms with van der Waals surface area (Å²) in [5.74, 6) is 0. The first kappa shape index (κ1) is 16.5. The highest BCUT2D eigenvalue weighted by atomic mass is 32.2. The molecular formula is C13H17N5O2S2. The van der Waals surface area contributed by atoms with Crippen molar-refractivity contribution in [2.45, 2.75) is 18.7 Å². The lowest BCUT2D eigenvalue weighted by Crippen LogP contribution is -2.30. The number of thiazole rings is 1. The van der Waals surface area contributed by atoms with E-state index in [0.29, 0.717) is 28.9 Å². The van der Waals surface area contributed by atoms with Crippen LogP contribution in [-0.2, 0) is 10.0 Å². The number of nitrogens with zero attached hydrogens (tertiary/aromatic N) is 4. The van der Waals surface area contributed by atoms with Crippen LogP contribution in [0.3, 0.4) is 0 Å². The molecule has 0 saturated carbocycles. The molecule has 1 heterocycles. The summed E-state index contributed by atoms with van der Waals surface area (Å²) >= 11 is 1.21. The van der Waals surface area contributed by atoms with E-state index in [-0.39, 0.29) is 4.90 Å². The van der Waals surface area contributed by atoms with Gasteiger partial charge in [0.05, 0.1) is 16.8 Å². The molecule has 2 aromatic rings. The van der Waals surface area contributed by atoms with E-state index in [2.05, 4.69) is 15.2 Å². The summed E-state index contributed by atoms with van der Waals surface area (Å²) in [5, 5.41) is 9.00. The highest BCUT2D eigenvalue weighted by molar-refractivity contribution is 7.89. The van der Waals surface area contributed by atoms with Crippen molar-refractivity contribution in [2.75, 3.05) is 18.8 Å². The van der Waals surface area contributed by atoms with Gasteiger partial charge >= 0.3 is 0 Å². The number of hydrogen-bond donors (Lipinski definition) is 1. The molecule has 0 aliphatic rings. The Morgan fingerprint density at radius 1 is 1.27 bits per heavy atom. The van der Waals surface area contributed by atoms with E-state index in [1.165, 1.54) is 27.9 Å². The number of benzene rings is 1. The van der Waals surface area contributed by atoms with Gasteiger partial charge in [0, 0.05) is 13.1 Å². The molecule has 7 nitrogen and oxygen atoms in total. The summed E-state index contributed by atoms with van der Waals surface area (Å²) < 4.78 is 26.3. The zero-order valence-electron chi connectivity index (χ0n) is 12.3. The third kappa shape index (κ3) is 3.67. The Bertz CT molecular complexity index is 766. The second-order valence-electron chi connectivity index (χ2n) is 4.32. The molecule has 1 aromatic carbocycles. The molecule has 0 unspecified atom stereocenters. The minimum absolute atomic E-state index is 0.205. The second kappa shape index (κ2) is 6.95. The van der Waals surface area contributed by atoms with Crippen LogP contribution in [0.1, 0.15) is 13.8 Å². The highest BCUT2D eigenvalue weighted by Gasteiger charge is 2.21. The monoisotopic (exact) mass is 339 g/mol. The maximum absolute atomic E-state index is 12.5. The number of aromatic nitrogens is 1. The average Bonchev–Trinajstić information content (AvgIpc) is 2.92. The molecule has 0 saturated heterocycles. The van der Waals surface area contributed by atoms with Crippen LogP contribution in [0.15, 0.2) is 45.6 Å². The van der Waals surface area contributed by atoms with E-state index in [1.54, 1.807) is 32.0 Å². The number of nitrogens with two attached hydrogens (primary N) is 1. The van der Waals surface area contributed by atoms with Crippen LogP contribution in [0.5, 0.6) is 0 Å². The van der Waals surface area contributed by atoms with E-state index in [9.17, 15) is 8.42 Å². The summed E-state index contributed by atoms with van der Waals surface area (Å²) in [7, 11) is -3.50. The van der Waals surface area contributed by atoms with Gasteiger partial charge in [0.1, 0.15) is 0 Å². The molecule has 2 N–H and O–H groups in total. The van der Waals surface area contributed by atoms with Gasteiger partial charge in [0.25, 0.3) is 0 Å². The molecule has 0 aliphatic heterocycles. The minimum Gasteiger partial charge on any atom is -0.375 e. The van der Waals surface area contributed by atoms with Gasteiger partial charge in [-0.25, -0.2) is 13.4 Å². The van der Waals surface area contributed by atoms with Gasteiger partial charge in [-0.3, -0.25) is 0 Å². The Kier molecular flexibility index (Phi) is 5.22. The van der Waals surface area contributed by atoms with Crippen molar-refractivity contribution in [2.24, 2.45) is 10.2 Å². The molecule has 0 spiro atoms. The SMILES string of the molecule is CCN(CC)S(=O)(=O)c1cccc(N=Nc2cnc(N)s2)c1. The Balaban J connectivity index is 2.29. The van der Waals surface area contributed by atoms with E-state index < -0.39 is 10.0 Å². The van der Waals surface area contributed by atoms with Crippen LogP contribution < -0.4 is 5.73 Å². The smallest absolute Gasteiger partial charge is 0.243 e. The summed E-state index contributed by atoms with van der Waals surface area (Å²) in [5.41, 5.74) is 5.97. The van der Waals surface area contributed by atoms with Crippen molar-refractivity contribution < 1.29 is 8.42 Å². The zero-order valence-corrected chi connectivity index (χ0v) is 13.9. The van der Waals surface area contributed by atoms with Gasteiger partial charge in [-0.15, -0.1) is 10.2 Å². The summed E-state index contributed by atoms with van der Waals surface area (Å²) in [6.07, 6.45) is 1.51. The predicted octanol–water partition coefficient (Wildman–Crippen LogP) is 3.17. The molecule has 0 amide bonds. The minimum atomic E-state index is -3.50. The van der Waals surface area contributed by atoms with Gasteiger partial charge < -0.3 is 5.73 Å². The fourth-order valence-corrected chi connectivity index (χ4v) is 3.86. The van der Waals surface area contributed by atoms with Crippen molar-refractivity contribution in [1.29, 1.82) is 0 Å². The topological polar surface area (TPSA) is 101 Å². The van der Waals surface area contributed by atoms with Crippen LogP contribution in [0.2, 0.25) is 0 Å². The van der Waals surface area contributed by atoms with Gasteiger partial charge in [0.15, 0.2) is 10.1 Å². The molecule has 22 heavy (non-hydrogen) atoms. The number of hydrogen-bond acceptors (Lipinski definition) is 7. The molecule has 0 atom stereocenters. The average molecular weight is 339 g/mol. The van der Waals surface area contributed by atoms with Crippen LogP contribution >= 0.6 is 11.3 Å². The fourth-order valence-electron chi connectivity index (χ4n) is 1.85. The summed E-state index contributed by atoms with van der Waals surface area (Å²) in [4.78, 5) is 4.08. The molecule has 118 valence electrons. The van der Waals surface area contributed by atoms with Crippen molar-refractivity contribution in [3.05, 3.63) is 30.5 Å². The molecule has 0 bridgehead atoms. The van der Waals surface area contributed by atoms with Crippen molar-refractivity contribution in [1.82, 2.24) is 9.29 Å². The van der Waals surface area contributed by atoms with Crippen molar-refractivity contribution in [3.63, 3.8) is 0 Å². The largest absolute Gasteiger partial charge is 0.375 e. The standard InChI is InChI=1S/C13H17N5O2S2/c1-3-18(4-2)22(19,20)11-7-5-6-10(8-11)16-17-12-9-15-13(14)21-12/h5-9H,3-4H2,1-2H3,(H2,14,15). The Hall–Kier alpha value is -1.84. The van der Waals surface area contributed by atoms with Gasteiger partial charge in [-0.05, 0) is 18.2 Å². The maximum Gasteiger partial charge on any atom is 0.243 e. The fraction of sp³-hybridized carbons (Fsp3) is 0.308. The van der Waals surface area contributed by atoms with Gasteiger partial charge in [-0.1, -0.05) is 31.3 Å². The summed E-state index contributed by atoms with van der Waals surface area (Å²) in [6, 6.07) is 6.39. The second-order valence-corrected chi connectivity index (χ2v) is 7.30. The summed E-state index contributed by atoms with van der Waals surface area (Å²) in [6.45, 7) is 4.45. The number of nitrogen functional groups attached to an aromatic ring is 1. The molecular weight excluding hydrogens is 322 g/mol. The van der Waals surface area contributed by atoms with Crippen molar-refractivity contribution >= 4 is 37.2 Å². The lowest BCUT2D eigenvalue weighted by Gasteiger charge is -2.18. The number of anilines is 1. The Labute approximate surface area is 133 Å². The van der Waals surface area contributed by atoms with Crippen molar-refractivity contribution in [3.8, 4) is 0 Å². The molecule has 1 aromatic heterocycles. The first-order valence-electron chi connectivity index (χ1n) is 6.70. The Morgan fingerprint density at radius 3 is 2.59 bits per heavy atom. The van der Waals surface area contributed by atoms with Gasteiger partial charge in [-0.2, -0.15) is 4.31 Å². The predicted molar refractivity (Wildman–Crippen MR) is 87.3 cm³/mol. The van der Waals surface area contributed by atoms with Crippen LogP contribution in [0.4, 0.5) is 15.8 Å². The molecule has 0 radical (unpaired) electrons. The Morgan fingerprint density at radius 2 is 2.00 bits per heavy atom. The van der Waals surface area contributed by atoms with E-state index in [4.69, 9.17) is 5.73 Å². The lowest BCUT2D eigenvalue weighted by atomic mass is 10.3. The van der Waals surface area contributed by atoms with E-state index in [1.807, 2.05) is 0 Å². The lowest BCUT2D eigenvalue weighted by molar-refractivity contribution is 0.445. The van der Waals surface area contributed by atoms with Crippen LogP contribution in [-0.4, -0.2) is 30.8 Å². The molecule has 0 aliphatic carbocycles. The van der Waals surface area contributed by atoms with Gasteiger partial charge in [0.2, 0.25) is 10.0 Å². The zero-order chi connectivity index (χ0) is 16.2. The molecule has 9 heteroatoms. The van der Waals surface area contributed by atoms with E-state index in [0.717, 1.165) is 0 Å². The maximum atomic E-state index is 12.5. The van der Waals surface area contributed by atoms with Crippen LogP contribution in [0.25, 0.3) is 0 Å². The molecule has 0 fully saturated rings. The quantitative estimate of drug-likeness (QED) is 0.817. The third-order valence-corrected chi connectivity index (χ3v) is 5.69.